The summed E-state index contributed by atoms with van der Waals surface area (Å²) < 4.78 is 5.39. The second kappa shape index (κ2) is 7.43. The highest BCUT2D eigenvalue weighted by molar-refractivity contribution is 6.00. The molecule has 1 aromatic carbocycles. The Bertz CT molecular complexity index is 1020. The molecule has 2 aliphatic rings. The normalized spacial score (nSPS) is 32.1. The van der Waals surface area contributed by atoms with Crippen LogP contribution in [0.25, 0.3) is 0 Å². The van der Waals surface area contributed by atoms with Gasteiger partial charge >= 0.3 is 0 Å². The van der Waals surface area contributed by atoms with Gasteiger partial charge in [0.15, 0.2) is 12.4 Å². The Morgan fingerprint density at radius 2 is 2.06 bits per heavy atom. The summed E-state index contributed by atoms with van der Waals surface area (Å²) in [7, 11) is 0. The third kappa shape index (κ3) is 3.32. The van der Waals surface area contributed by atoms with Gasteiger partial charge in [-0.15, -0.1) is 0 Å². The van der Waals surface area contributed by atoms with Crippen LogP contribution >= 0.6 is 0 Å². The molecule has 4 rings (SSSR count). The first-order valence-corrected chi connectivity index (χ1v) is 10.6. The Morgan fingerprint density at radius 1 is 1.29 bits per heavy atom. The number of ether oxygens (including phenoxy) is 1. The third-order valence-electron chi connectivity index (χ3n) is 7.23. The van der Waals surface area contributed by atoms with Gasteiger partial charge in [-0.25, -0.2) is 0 Å². The minimum absolute atomic E-state index is 0.0430. The smallest absolute Gasteiger partial charge is 0.255 e. The predicted molar refractivity (Wildman–Crippen MR) is 114 cm³/mol. The third-order valence-corrected chi connectivity index (χ3v) is 7.23. The number of carbonyl (C=O) groups excluding carboxylic acids is 2. The van der Waals surface area contributed by atoms with Crippen molar-refractivity contribution in [2.45, 2.75) is 56.1 Å². The van der Waals surface area contributed by atoms with Gasteiger partial charge in [-0.2, -0.15) is 0 Å². The van der Waals surface area contributed by atoms with Crippen LogP contribution in [-0.2, 0) is 15.8 Å². The van der Waals surface area contributed by atoms with E-state index in [0.717, 1.165) is 5.56 Å². The lowest BCUT2D eigenvalue weighted by atomic mass is 9.49. The zero-order valence-electron chi connectivity index (χ0n) is 17.8. The number of pyridine rings is 1. The summed E-state index contributed by atoms with van der Waals surface area (Å²) in [4.78, 5) is 28.4. The number of nitrogens with zero attached hydrogens (tertiary/aromatic N) is 1. The van der Waals surface area contributed by atoms with Crippen molar-refractivity contribution in [2.75, 3.05) is 6.61 Å². The average molecular weight is 424 g/mol. The number of primary amides is 1. The molecule has 4 atom stereocenters. The van der Waals surface area contributed by atoms with E-state index in [1.807, 2.05) is 13.0 Å². The maximum atomic E-state index is 13.1. The fraction of sp³-hybridized carbons (Fsp3) is 0.458. The number of nitrogens with two attached hydrogens (primary N) is 1. The number of fused-ring (bicyclic) bond motifs is 3. The molecule has 0 bridgehead atoms. The van der Waals surface area contributed by atoms with Gasteiger partial charge in [-0.3, -0.25) is 14.6 Å². The molecule has 0 saturated heterocycles. The summed E-state index contributed by atoms with van der Waals surface area (Å²) in [6.07, 6.45) is 3.07. The quantitative estimate of drug-likeness (QED) is 0.676. The molecule has 2 aromatic rings. The van der Waals surface area contributed by atoms with Crippen LogP contribution in [0.3, 0.4) is 0 Å². The number of amides is 1. The molecule has 0 unspecified atom stereocenters. The summed E-state index contributed by atoms with van der Waals surface area (Å²) in [5.74, 6) is -0.380. The zero-order chi connectivity index (χ0) is 22.4. The molecule has 4 N–H and O–H groups in total. The van der Waals surface area contributed by atoms with Crippen molar-refractivity contribution in [1.29, 1.82) is 0 Å². The Hall–Kier alpha value is -2.77. The minimum atomic E-state index is -1.56. The lowest BCUT2D eigenvalue weighted by Gasteiger charge is -2.58. The Kier molecular flexibility index (Phi) is 5.14. The summed E-state index contributed by atoms with van der Waals surface area (Å²) in [5.41, 5.74) is 3.48. The van der Waals surface area contributed by atoms with Crippen LogP contribution in [0, 0.1) is 5.92 Å². The van der Waals surface area contributed by atoms with Crippen molar-refractivity contribution in [3.05, 3.63) is 59.4 Å². The Labute approximate surface area is 181 Å². The molecule has 0 aliphatic heterocycles. The highest BCUT2D eigenvalue weighted by Gasteiger charge is 2.62. The van der Waals surface area contributed by atoms with E-state index in [4.69, 9.17) is 10.5 Å². The monoisotopic (exact) mass is 424 g/mol. The standard InChI is InChI=1S/C24H28N2O5/c1-3-23-14-22(2,29)24(30,20-6-4-5-9-26-20)12-15(23)10-19(27)17-11-16(7-8-18(17)23)31-13-21(25)28/h4-9,11,15,29-30H,3,10,12-14H2,1-2H3,(H2,25,28)/t15-,22+,23+,24+/m0/s1. The van der Waals surface area contributed by atoms with Crippen molar-refractivity contribution in [3.63, 3.8) is 0 Å². The molecule has 7 heteroatoms. The van der Waals surface area contributed by atoms with E-state index in [2.05, 4.69) is 4.98 Å². The minimum Gasteiger partial charge on any atom is -0.484 e. The number of ketones is 1. The van der Waals surface area contributed by atoms with E-state index in [9.17, 15) is 19.8 Å². The topological polar surface area (TPSA) is 123 Å². The van der Waals surface area contributed by atoms with Crippen molar-refractivity contribution in [3.8, 4) is 5.75 Å². The first kappa shape index (κ1) is 21.5. The van der Waals surface area contributed by atoms with Gasteiger partial charge in [-0.05, 0) is 61.9 Å². The molecule has 0 radical (unpaired) electrons. The fourth-order valence-corrected chi connectivity index (χ4v) is 5.62. The van der Waals surface area contributed by atoms with Crippen LogP contribution in [0.4, 0.5) is 0 Å². The average Bonchev–Trinajstić information content (AvgIpc) is 2.74. The van der Waals surface area contributed by atoms with E-state index in [1.54, 1.807) is 43.5 Å². The number of benzene rings is 1. The van der Waals surface area contributed by atoms with Gasteiger partial charge in [0.05, 0.1) is 11.3 Å². The fourth-order valence-electron chi connectivity index (χ4n) is 5.62. The molecule has 0 spiro atoms. The second-order valence-electron chi connectivity index (χ2n) is 9.03. The summed E-state index contributed by atoms with van der Waals surface area (Å²) in [6.45, 7) is 3.43. The first-order valence-electron chi connectivity index (χ1n) is 10.6. The van der Waals surface area contributed by atoms with Gasteiger partial charge in [0, 0.05) is 23.6 Å². The van der Waals surface area contributed by atoms with Crippen LogP contribution in [0.2, 0.25) is 0 Å². The number of aliphatic hydroxyl groups is 2. The van der Waals surface area contributed by atoms with Crippen molar-refractivity contribution >= 4 is 11.7 Å². The van der Waals surface area contributed by atoms with Crippen molar-refractivity contribution < 1.29 is 24.5 Å². The molecule has 164 valence electrons. The van der Waals surface area contributed by atoms with Crippen LogP contribution in [-0.4, -0.2) is 39.1 Å². The molecule has 1 aromatic heterocycles. The molecule has 1 heterocycles. The van der Waals surface area contributed by atoms with Gasteiger partial charge in [-0.1, -0.05) is 19.1 Å². The summed E-state index contributed by atoms with van der Waals surface area (Å²) in [6, 6.07) is 10.5. The van der Waals surface area contributed by atoms with Gasteiger partial charge in [0.2, 0.25) is 0 Å². The van der Waals surface area contributed by atoms with Crippen LogP contribution < -0.4 is 10.5 Å². The molecule has 1 saturated carbocycles. The number of Topliss-reactive ketones (excluding diaryl/α,β-unsaturated/α-hetero) is 1. The molecular formula is C24H28N2O5. The highest BCUT2D eigenvalue weighted by Crippen LogP contribution is 2.59. The number of rotatable bonds is 5. The summed E-state index contributed by atoms with van der Waals surface area (Å²) >= 11 is 0. The largest absolute Gasteiger partial charge is 0.484 e. The van der Waals surface area contributed by atoms with Crippen molar-refractivity contribution in [1.82, 2.24) is 4.98 Å². The highest BCUT2D eigenvalue weighted by atomic mass is 16.5. The Morgan fingerprint density at radius 3 is 2.71 bits per heavy atom. The van der Waals surface area contributed by atoms with E-state index in [1.165, 1.54) is 0 Å². The van der Waals surface area contributed by atoms with E-state index < -0.39 is 22.5 Å². The first-order chi connectivity index (χ1) is 14.6. The number of hydrogen-bond donors (Lipinski definition) is 3. The number of carbonyl (C=O) groups is 2. The molecule has 7 nitrogen and oxygen atoms in total. The lowest BCUT2D eigenvalue weighted by Crippen LogP contribution is -2.62. The second-order valence-corrected chi connectivity index (χ2v) is 9.03. The summed E-state index contributed by atoms with van der Waals surface area (Å²) in [5, 5.41) is 23.2. The SMILES string of the molecule is CC[C@@]12C[C@@](C)(O)[C@](O)(c3ccccn3)C[C@@H]1CC(=O)c1cc(OCC(N)=O)ccc12. The van der Waals surface area contributed by atoms with Crippen LogP contribution in [0.15, 0.2) is 42.6 Å². The number of aromatic nitrogens is 1. The molecule has 1 amide bonds. The maximum absolute atomic E-state index is 13.1. The predicted octanol–water partition coefficient (Wildman–Crippen LogP) is 2.23. The van der Waals surface area contributed by atoms with E-state index >= 15 is 0 Å². The molecule has 1 fully saturated rings. The maximum Gasteiger partial charge on any atom is 0.255 e. The molecule has 2 aliphatic carbocycles. The van der Waals surface area contributed by atoms with Crippen LogP contribution in [0.5, 0.6) is 5.75 Å². The van der Waals surface area contributed by atoms with E-state index in [-0.39, 0.29) is 37.6 Å². The van der Waals surface area contributed by atoms with Gasteiger partial charge in [0.25, 0.3) is 5.91 Å². The number of hydrogen-bond acceptors (Lipinski definition) is 6. The molecular weight excluding hydrogens is 396 g/mol. The van der Waals surface area contributed by atoms with Gasteiger partial charge < -0.3 is 20.7 Å². The van der Waals surface area contributed by atoms with Crippen molar-refractivity contribution in [2.24, 2.45) is 11.7 Å². The van der Waals surface area contributed by atoms with Gasteiger partial charge in [0.1, 0.15) is 11.4 Å². The lowest BCUT2D eigenvalue weighted by molar-refractivity contribution is -0.205. The van der Waals surface area contributed by atoms with E-state index in [0.29, 0.717) is 23.4 Å². The zero-order valence-corrected chi connectivity index (χ0v) is 17.8. The Balaban J connectivity index is 1.78. The van der Waals surface area contributed by atoms with Crippen LogP contribution in [0.1, 0.15) is 61.1 Å². The molecule has 31 heavy (non-hydrogen) atoms.